The molecule has 0 aliphatic rings. The van der Waals surface area contributed by atoms with Crippen LogP contribution in [0.3, 0.4) is 0 Å². The molecule has 6 heteroatoms. The van der Waals surface area contributed by atoms with Gasteiger partial charge in [0.2, 0.25) is 0 Å². The number of carbonyl (C=O) groups excluding carboxylic acids is 2. The first kappa shape index (κ1) is 18.7. The van der Waals surface area contributed by atoms with E-state index in [0.29, 0.717) is 11.1 Å². The van der Waals surface area contributed by atoms with Crippen LogP contribution >= 0.6 is 31.9 Å². The van der Waals surface area contributed by atoms with E-state index < -0.39 is 11.9 Å². The van der Waals surface area contributed by atoms with Crippen LogP contribution in [-0.4, -0.2) is 11.9 Å². The van der Waals surface area contributed by atoms with E-state index in [9.17, 15) is 9.59 Å². The number of carbonyl (C=O) groups is 2. The van der Waals surface area contributed by atoms with Crippen LogP contribution in [0.2, 0.25) is 0 Å². The molecule has 0 saturated carbocycles. The molecule has 0 fully saturated rings. The second-order valence-electron chi connectivity index (χ2n) is 6.15. The van der Waals surface area contributed by atoms with Crippen LogP contribution < -0.4 is 0 Å². The van der Waals surface area contributed by atoms with Gasteiger partial charge in [-0.3, -0.25) is 0 Å². The highest BCUT2D eigenvalue weighted by Crippen LogP contribution is 2.23. The molecule has 0 amide bonds. The Hall–Kier alpha value is -2.70. The van der Waals surface area contributed by atoms with Gasteiger partial charge in [0.15, 0.2) is 0 Å². The molecule has 0 unspecified atom stereocenters. The summed E-state index contributed by atoms with van der Waals surface area (Å²) in [4.78, 5) is 33.9. The largest absolute Gasteiger partial charge is 0.386 e. The van der Waals surface area contributed by atoms with E-state index >= 15 is 0 Å². The van der Waals surface area contributed by atoms with Crippen LogP contribution in [0.15, 0.2) is 81.7 Å². The van der Waals surface area contributed by atoms with Gasteiger partial charge < -0.3 is 0 Å². The minimum atomic E-state index is -0.733. The molecular formula is C22H12Br2O4. The number of rotatable bonds is 2. The second-order valence-corrected chi connectivity index (χ2v) is 7.99. The zero-order chi connectivity index (χ0) is 19.7. The van der Waals surface area contributed by atoms with Gasteiger partial charge in [-0.2, -0.15) is 0 Å². The van der Waals surface area contributed by atoms with Gasteiger partial charge in [-0.25, -0.2) is 19.4 Å². The second kappa shape index (κ2) is 7.73. The molecule has 0 heterocycles. The summed E-state index contributed by atoms with van der Waals surface area (Å²) in [5, 5.41) is 3.71. The molecule has 4 aromatic rings. The SMILES string of the molecule is O=C(OOC(=O)c1ccc2cc(Br)ccc2c1)c1ccc2cc(Br)ccc2c1. The summed E-state index contributed by atoms with van der Waals surface area (Å²) < 4.78 is 1.90. The highest BCUT2D eigenvalue weighted by Gasteiger charge is 2.15. The molecule has 4 aromatic carbocycles. The molecule has 0 aromatic heterocycles. The Bertz CT molecular complexity index is 1140. The predicted octanol–water partition coefficient (Wildman–Crippen LogP) is 6.45. The molecule has 0 N–H and O–H groups in total. The number of fused-ring (bicyclic) bond motifs is 2. The van der Waals surface area contributed by atoms with Crippen LogP contribution in [0, 0.1) is 0 Å². The third kappa shape index (κ3) is 3.93. The molecule has 0 aliphatic carbocycles. The summed E-state index contributed by atoms with van der Waals surface area (Å²) in [6.45, 7) is 0. The van der Waals surface area contributed by atoms with Gasteiger partial charge >= 0.3 is 11.9 Å². The molecule has 28 heavy (non-hydrogen) atoms. The molecule has 138 valence electrons. The third-order valence-electron chi connectivity index (χ3n) is 4.27. The van der Waals surface area contributed by atoms with E-state index in [1.54, 1.807) is 36.4 Å². The molecule has 4 rings (SSSR count). The summed E-state index contributed by atoms with van der Waals surface area (Å²) in [5.74, 6) is -1.47. The van der Waals surface area contributed by atoms with E-state index in [-0.39, 0.29) is 0 Å². The number of hydrogen-bond acceptors (Lipinski definition) is 4. The quantitative estimate of drug-likeness (QED) is 0.235. The molecule has 4 nitrogen and oxygen atoms in total. The monoisotopic (exact) mass is 498 g/mol. The van der Waals surface area contributed by atoms with E-state index in [2.05, 4.69) is 31.9 Å². The number of halogens is 2. The van der Waals surface area contributed by atoms with Crippen LogP contribution in [0.1, 0.15) is 20.7 Å². The highest BCUT2D eigenvalue weighted by atomic mass is 79.9. The molecule has 0 atom stereocenters. The number of benzene rings is 4. The van der Waals surface area contributed by atoms with Crippen molar-refractivity contribution in [3.05, 3.63) is 92.9 Å². The summed E-state index contributed by atoms with van der Waals surface area (Å²) in [6, 6.07) is 21.7. The minimum Gasteiger partial charge on any atom is -0.242 e. The van der Waals surface area contributed by atoms with E-state index in [1.165, 1.54) is 0 Å². The molecule has 0 spiro atoms. The van der Waals surface area contributed by atoms with Crippen molar-refractivity contribution >= 4 is 65.3 Å². The van der Waals surface area contributed by atoms with Crippen LogP contribution in [0.25, 0.3) is 21.5 Å². The van der Waals surface area contributed by atoms with Crippen LogP contribution in [0.4, 0.5) is 0 Å². The van der Waals surface area contributed by atoms with E-state index in [0.717, 1.165) is 30.5 Å². The first-order chi connectivity index (χ1) is 13.5. The molecular weight excluding hydrogens is 488 g/mol. The molecule has 0 bridgehead atoms. The van der Waals surface area contributed by atoms with Crippen molar-refractivity contribution in [2.45, 2.75) is 0 Å². The van der Waals surface area contributed by atoms with Gasteiger partial charge in [-0.15, -0.1) is 0 Å². The topological polar surface area (TPSA) is 52.6 Å². The van der Waals surface area contributed by atoms with Gasteiger partial charge in [0.1, 0.15) is 0 Å². The molecule has 0 saturated heterocycles. The Labute approximate surface area is 177 Å². The fraction of sp³-hybridized carbons (Fsp3) is 0. The van der Waals surface area contributed by atoms with Gasteiger partial charge in [-0.1, -0.05) is 56.1 Å². The standard InChI is InChI=1S/C22H12Br2O4/c23-19-7-5-13-9-17(3-1-15(13)11-19)21(25)27-28-22(26)18-4-2-16-12-20(24)8-6-14(16)10-18/h1-12H. The number of hydrogen-bond donors (Lipinski definition) is 0. The van der Waals surface area contributed by atoms with Crippen molar-refractivity contribution in [1.29, 1.82) is 0 Å². The first-order valence-electron chi connectivity index (χ1n) is 8.31. The third-order valence-corrected chi connectivity index (χ3v) is 5.26. The van der Waals surface area contributed by atoms with Crippen molar-refractivity contribution in [1.82, 2.24) is 0 Å². The zero-order valence-electron chi connectivity index (χ0n) is 14.3. The Balaban J connectivity index is 1.47. The lowest BCUT2D eigenvalue weighted by atomic mass is 10.1. The van der Waals surface area contributed by atoms with Gasteiger partial charge in [0.25, 0.3) is 0 Å². The normalized spacial score (nSPS) is 10.8. The summed E-state index contributed by atoms with van der Waals surface area (Å²) >= 11 is 6.82. The van der Waals surface area contributed by atoms with Crippen molar-refractivity contribution in [2.24, 2.45) is 0 Å². The average Bonchev–Trinajstić information content (AvgIpc) is 2.70. The predicted molar refractivity (Wildman–Crippen MR) is 114 cm³/mol. The maximum absolute atomic E-state index is 12.2. The summed E-state index contributed by atoms with van der Waals surface area (Å²) in [7, 11) is 0. The fourth-order valence-electron chi connectivity index (χ4n) is 2.86. The maximum atomic E-state index is 12.2. The van der Waals surface area contributed by atoms with Crippen molar-refractivity contribution < 1.29 is 19.4 Å². The highest BCUT2D eigenvalue weighted by molar-refractivity contribution is 9.10. The lowest BCUT2D eigenvalue weighted by Gasteiger charge is -2.06. The Morgan fingerprint density at radius 1 is 0.536 bits per heavy atom. The molecule has 0 radical (unpaired) electrons. The van der Waals surface area contributed by atoms with Gasteiger partial charge in [0.05, 0.1) is 11.1 Å². The lowest BCUT2D eigenvalue weighted by Crippen LogP contribution is -2.11. The average molecular weight is 500 g/mol. The summed E-state index contributed by atoms with van der Waals surface area (Å²) in [6.07, 6.45) is 0. The zero-order valence-corrected chi connectivity index (χ0v) is 17.5. The van der Waals surface area contributed by atoms with Crippen molar-refractivity contribution in [3.8, 4) is 0 Å². The maximum Gasteiger partial charge on any atom is 0.386 e. The van der Waals surface area contributed by atoms with Crippen molar-refractivity contribution in [2.75, 3.05) is 0 Å². The van der Waals surface area contributed by atoms with Crippen LogP contribution in [0.5, 0.6) is 0 Å². The van der Waals surface area contributed by atoms with Gasteiger partial charge in [0, 0.05) is 8.95 Å². The first-order valence-corrected chi connectivity index (χ1v) is 9.90. The van der Waals surface area contributed by atoms with Crippen molar-refractivity contribution in [3.63, 3.8) is 0 Å². The smallest absolute Gasteiger partial charge is 0.242 e. The van der Waals surface area contributed by atoms with E-state index in [1.807, 2.05) is 36.4 Å². The molecule has 0 aliphatic heterocycles. The van der Waals surface area contributed by atoms with Crippen LogP contribution in [-0.2, 0) is 9.78 Å². The Kier molecular flexibility index (Phi) is 5.15. The fourth-order valence-corrected chi connectivity index (χ4v) is 3.62. The minimum absolute atomic E-state index is 0.297. The lowest BCUT2D eigenvalue weighted by molar-refractivity contribution is -0.187. The Morgan fingerprint density at radius 3 is 1.32 bits per heavy atom. The van der Waals surface area contributed by atoms with E-state index in [4.69, 9.17) is 9.78 Å². The summed E-state index contributed by atoms with van der Waals surface area (Å²) in [5.41, 5.74) is 0.594. The van der Waals surface area contributed by atoms with Gasteiger partial charge in [-0.05, 0) is 70.1 Å². The Morgan fingerprint density at radius 2 is 0.893 bits per heavy atom.